The lowest BCUT2D eigenvalue weighted by molar-refractivity contribution is -0.122. The Morgan fingerprint density at radius 3 is 2.25 bits per heavy atom. The van der Waals surface area contributed by atoms with Crippen LogP contribution in [-0.2, 0) is 10.2 Å². The van der Waals surface area contributed by atoms with E-state index in [4.69, 9.17) is 9.15 Å². The molecule has 0 bridgehead atoms. The van der Waals surface area contributed by atoms with Crippen molar-refractivity contribution < 1.29 is 18.7 Å². The molecule has 152 valence electrons. The molecular formula is C22H30N2O4. The zero-order chi connectivity index (χ0) is 21.1. The highest BCUT2D eigenvalue weighted by atomic mass is 16.5. The summed E-state index contributed by atoms with van der Waals surface area (Å²) < 4.78 is 10.9. The number of benzene rings is 1. The van der Waals surface area contributed by atoms with Gasteiger partial charge in [-0.25, -0.2) is 4.98 Å². The molecule has 0 fully saturated rings. The maximum Gasteiger partial charge on any atom is 0.302 e. The third kappa shape index (κ3) is 5.94. The van der Waals surface area contributed by atoms with Crippen molar-refractivity contribution in [1.82, 2.24) is 4.98 Å². The lowest BCUT2D eigenvalue weighted by atomic mass is 9.72. The fourth-order valence-corrected chi connectivity index (χ4v) is 3.37. The first kappa shape index (κ1) is 21.7. The van der Waals surface area contributed by atoms with E-state index >= 15 is 0 Å². The number of hydrogen-bond acceptors (Lipinski definition) is 5. The quantitative estimate of drug-likeness (QED) is 0.678. The molecule has 0 saturated carbocycles. The van der Waals surface area contributed by atoms with Crippen LogP contribution in [0.1, 0.15) is 71.0 Å². The summed E-state index contributed by atoms with van der Waals surface area (Å²) >= 11 is 0. The van der Waals surface area contributed by atoms with E-state index in [-0.39, 0.29) is 28.4 Å². The zero-order valence-electron chi connectivity index (χ0n) is 17.8. The van der Waals surface area contributed by atoms with Crippen LogP contribution in [0, 0.1) is 5.41 Å². The number of amides is 1. The van der Waals surface area contributed by atoms with E-state index in [0.29, 0.717) is 5.75 Å². The van der Waals surface area contributed by atoms with Crippen molar-refractivity contribution in [2.45, 2.75) is 66.4 Å². The van der Waals surface area contributed by atoms with Crippen molar-refractivity contribution in [3.8, 4) is 5.75 Å². The number of rotatable bonds is 7. The molecule has 6 nitrogen and oxygen atoms in total. The third-order valence-electron chi connectivity index (χ3n) is 4.37. The SMILES string of the molecule is CC(=O)c1cnc(NC(=O)C(C)Oc2ccc(C(C)(C)CC(C)(C)C)cc2)o1. The molecule has 0 radical (unpaired) electrons. The van der Waals surface area contributed by atoms with Gasteiger partial charge < -0.3 is 9.15 Å². The number of aromatic nitrogens is 1. The molecule has 0 aliphatic carbocycles. The first-order valence-corrected chi connectivity index (χ1v) is 9.42. The predicted molar refractivity (Wildman–Crippen MR) is 109 cm³/mol. The molecule has 0 aliphatic heterocycles. The molecule has 2 rings (SSSR count). The van der Waals surface area contributed by atoms with Gasteiger partial charge in [0.1, 0.15) is 5.75 Å². The summed E-state index contributed by atoms with van der Waals surface area (Å²) in [7, 11) is 0. The van der Waals surface area contributed by atoms with Crippen molar-refractivity contribution in [1.29, 1.82) is 0 Å². The molecule has 0 spiro atoms. The van der Waals surface area contributed by atoms with E-state index in [1.54, 1.807) is 6.92 Å². The number of ether oxygens (including phenoxy) is 1. The summed E-state index contributed by atoms with van der Waals surface area (Å²) in [5.74, 6) is 0.0352. The van der Waals surface area contributed by atoms with E-state index in [1.165, 1.54) is 18.7 Å². The van der Waals surface area contributed by atoms with Gasteiger partial charge in [-0.05, 0) is 41.9 Å². The second kappa shape index (κ2) is 8.17. The van der Waals surface area contributed by atoms with Gasteiger partial charge in [0.15, 0.2) is 17.6 Å². The van der Waals surface area contributed by atoms with Gasteiger partial charge >= 0.3 is 6.01 Å². The molecular weight excluding hydrogens is 356 g/mol. The molecule has 1 heterocycles. The summed E-state index contributed by atoms with van der Waals surface area (Å²) in [4.78, 5) is 27.3. The van der Waals surface area contributed by atoms with Gasteiger partial charge in [0.25, 0.3) is 5.91 Å². The van der Waals surface area contributed by atoms with Crippen LogP contribution in [0.15, 0.2) is 34.9 Å². The van der Waals surface area contributed by atoms with Gasteiger partial charge in [-0.2, -0.15) is 0 Å². The van der Waals surface area contributed by atoms with Gasteiger partial charge in [-0.1, -0.05) is 46.8 Å². The molecule has 28 heavy (non-hydrogen) atoms. The lowest BCUT2D eigenvalue weighted by Gasteiger charge is -2.33. The maximum absolute atomic E-state index is 12.3. The summed E-state index contributed by atoms with van der Waals surface area (Å²) in [6.45, 7) is 14.2. The number of nitrogens with one attached hydrogen (secondary N) is 1. The Bertz CT molecular complexity index is 829. The molecule has 1 aromatic carbocycles. The monoisotopic (exact) mass is 386 g/mol. The molecule has 1 aromatic heterocycles. The topological polar surface area (TPSA) is 81.4 Å². The number of anilines is 1. The zero-order valence-corrected chi connectivity index (χ0v) is 17.8. The number of nitrogens with zero attached hydrogens (tertiary/aromatic N) is 1. The van der Waals surface area contributed by atoms with Crippen molar-refractivity contribution >= 4 is 17.7 Å². The molecule has 1 unspecified atom stereocenters. The van der Waals surface area contributed by atoms with Crippen LogP contribution >= 0.6 is 0 Å². The third-order valence-corrected chi connectivity index (χ3v) is 4.37. The molecule has 0 saturated heterocycles. The van der Waals surface area contributed by atoms with Crippen LogP contribution in [0.25, 0.3) is 0 Å². The van der Waals surface area contributed by atoms with Gasteiger partial charge in [-0.15, -0.1) is 0 Å². The first-order valence-electron chi connectivity index (χ1n) is 9.42. The minimum atomic E-state index is -0.749. The Labute approximate surface area is 166 Å². The molecule has 0 aliphatic rings. The standard InChI is InChI=1S/C22H30N2O4/c1-14(25)18-12-23-20(28-18)24-19(26)15(2)27-17-10-8-16(9-11-17)22(6,7)13-21(3,4)5/h8-12,15H,13H2,1-7H3,(H,23,24,26). The molecule has 1 N–H and O–H groups in total. The Morgan fingerprint density at radius 2 is 1.75 bits per heavy atom. The fraction of sp³-hybridized carbons (Fsp3) is 0.500. The fourth-order valence-electron chi connectivity index (χ4n) is 3.37. The lowest BCUT2D eigenvalue weighted by Crippen LogP contribution is -2.30. The summed E-state index contributed by atoms with van der Waals surface area (Å²) in [6.07, 6.45) is 1.58. The van der Waals surface area contributed by atoms with Crippen LogP contribution in [0.3, 0.4) is 0 Å². The molecule has 2 aromatic rings. The van der Waals surface area contributed by atoms with Crippen molar-refractivity contribution in [3.63, 3.8) is 0 Å². The Hall–Kier alpha value is -2.63. The van der Waals surface area contributed by atoms with Crippen molar-refractivity contribution in [3.05, 3.63) is 41.8 Å². The summed E-state index contributed by atoms with van der Waals surface area (Å²) in [6, 6.07) is 7.81. The highest BCUT2D eigenvalue weighted by Crippen LogP contribution is 2.36. The van der Waals surface area contributed by atoms with Gasteiger partial charge in [0.05, 0.1) is 6.20 Å². The Balaban J connectivity index is 1.98. The highest BCUT2D eigenvalue weighted by Gasteiger charge is 2.27. The van der Waals surface area contributed by atoms with E-state index in [0.717, 1.165) is 6.42 Å². The van der Waals surface area contributed by atoms with Crippen LogP contribution in [0.2, 0.25) is 0 Å². The Morgan fingerprint density at radius 1 is 1.14 bits per heavy atom. The van der Waals surface area contributed by atoms with Crippen LogP contribution in [0.5, 0.6) is 5.75 Å². The smallest absolute Gasteiger partial charge is 0.302 e. The van der Waals surface area contributed by atoms with Gasteiger partial charge in [0.2, 0.25) is 0 Å². The van der Waals surface area contributed by atoms with Crippen molar-refractivity contribution in [2.24, 2.45) is 5.41 Å². The minimum Gasteiger partial charge on any atom is -0.481 e. The van der Waals surface area contributed by atoms with E-state index in [9.17, 15) is 9.59 Å². The van der Waals surface area contributed by atoms with Crippen LogP contribution in [-0.4, -0.2) is 22.8 Å². The average molecular weight is 386 g/mol. The summed E-state index contributed by atoms with van der Waals surface area (Å²) in [5, 5.41) is 2.50. The van der Waals surface area contributed by atoms with Gasteiger partial charge in [-0.3, -0.25) is 14.9 Å². The molecule has 1 atom stereocenters. The summed E-state index contributed by atoms with van der Waals surface area (Å²) in [5.41, 5.74) is 1.50. The normalized spacial score (nSPS) is 13.1. The van der Waals surface area contributed by atoms with E-state index in [1.807, 2.05) is 24.3 Å². The number of hydrogen-bond donors (Lipinski definition) is 1. The van der Waals surface area contributed by atoms with Crippen LogP contribution in [0.4, 0.5) is 6.01 Å². The second-order valence-electron chi connectivity index (χ2n) is 8.98. The first-order chi connectivity index (χ1) is 12.9. The minimum absolute atomic E-state index is 0.0232. The number of Topliss-reactive ketones (excluding diaryl/α,β-unsaturated/α-hetero) is 1. The second-order valence-corrected chi connectivity index (χ2v) is 8.98. The number of carbonyl (C=O) groups is 2. The van der Waals surface area contributed by atoms with E-state index < -0.39 is 12.0 Å². The largest absolute Gasteiger partial charge is 0.481 e. The number of oxazole rings is 1. The van der Waals surface area contributed by atoms with Crippen molar-refractivity contribution in [2.75, 3.05) is 5.32 Å². The number of carbonyl (C=O) groups excluding carboxylic acids is 2. The Kier molecular flexibility index (Phi) is 6.32. The van der Waals surface area contributed by atoms with Gasteiger partial charge in [0, 0.05) is 6.92 Å². The molecule has 6 heteroatoms. The number of ketones is 1. The van der Waals surface area contributed by atoms with Crippen LogP contribution < -0.4 is 10.1 Å². The van der Waals surface area contributed by atoms with E-state index in [2.05, 4.69) is 44.9 Å². The highest BCUT2D eigenvalue weighted by molar-refractivity contribution is 5.94. The maximum atomic E-state index is 12.3. The molecule has 1 amide bonds. The predicted octanol–water partition coefficient (Wildman–Crippen LogP) is 5.00. The average Bonchev–Trinajstić information content (AvgIpc) is 3.02.